The quantitative estimate of drug-likeness (QED) is 0.272. The number of carbonyl (C=O) groups excluding carboxylic acids is 1. The van der Waals surface area contributed by atoms with E-state index in [1.54, 1.807) is 50.2 Å². The largest absolute Gasteiger partial charge is 0.573 e. The van der Waals surface area contributed by atoms with Crippen LogP contribution in [0, 0.1) is 6.92 Å². The molecule has 8 nitrogen and oxygen atoms in total. The van der Waals surface area contributed by atoms with E-state index in [0.29, 0.717) is 27.6 Å². The van der Waals surface area contributed by atoms with Gasteiger partial charge in [0.2, 0.25) is 5.88 Å². The van der Waals surface area contributed by atoms with E-state index in [4.69, 9.17) is 4.74 Å². The number of fused-ring (bicyclic) bond motifs is 1. The van der Waals surface area contributed by atoms with Crippen LogP contribution in [0.4, 0.5) is 13.2 Å². The van der Waals surface area contributed by atoms with Gasteiger partial charge in [-0.2, -0.15) is 0 Å². The molecule has 1 aromatic heterocycles. The number of nitrogens with zero attached hydrogens (tertiary/aromatic N) is 1. The van der Waals surface area contributed by atoms with Gasteiger partial charge < -0.3 is 19.9 Å². The number of alkyl halides is 3. The number of sulfone groups is 1. The summed E-state index contributed by atoms with van der Waals surface area (Å²) in [7, 11) is -3.38. The zero-order valence-corrected chi connectivity index (χ0v) is 22.2. The average Bonchev–Trinajstić information content (AvgIpc) is 2.91. The summed E-state index contributed by atoms with van der Waals surface area (Å²) in [4.78, 5) is 17.6. The van der Waals surface area contributed by atoms with Crippen LogP contribution in [0.2, 0.25) is 0 Å². The standard InChI is InChI=1S/C28H25F3N2O6S/c1-3-40(36,37)23-11-4-18(5-12-23)25(16-34)33-26(35)19-6-13-24-20(15-19)14-17(2)32-27(24)38-21-7-9-22(10-8-21)39-28(29,30)31/h4-15,25,34H,3,16H2,1-2H3,(H,33,35)/t25-/m0/s1. The van der Waals surface area contributed by atoms with E-state index in [-0.39, 0.29) is 28.0 Å². The van der Waals surface area contributed by atoms with Crippen molar-refractivity contribution < 1.29 is 41.0 Å². The Hall–Kier alpha value is -4.16. The van der Waals surface area contributed by atoms with Gasteiger partial charge in [0.1, 0.15) is 11.5 Å². The average molecular weight is 575 g/mol. The van der Waals surface area contributed by atoms with Gasteiger partial charge in [-0.1, -0.05) is 19.1 Å². The highest BCUT2D eigenvalue weighted by molar-refractivity contribution is 7.91. The molecule has 4 aromatic rings. The minimum atomic E-state index is -4.81. The first kappa shape index (κ1) is 28.8. The number of pyridine rings is 1. The van der Waals surface area contributed by atoms with Crippen LogP contribution in [-0.4, -0.2) is 43.1 Å². The van der Waals surface area contributed by atoms with Crippen molar-refractivity contribution in [1.82, 2.24) is 10.3 Å². The number of carbonyl (C=O) groups is 1. The fraction of sp³-hybridized carbons (Fsp3) is 0.214. The van der Waals surface area contributed by atoms with Crippen molar-refractivity contribution in [2.75, 3.05) is 12.4 Å². The number of ether oxygens (including phenoxy) is 2. The number of aliphatic hydroxyl groups excluding tert-OH is 1. The summed E-state index contributed by atoms with van der Waals surface area (Å²) in [5.41, 5.74) is 1.41. The number of aromatic nitrogens is 1. The molecule has 0 radical (unpaired) electrons. The molecule has 2 N–H and O–H groups in total. The molecule has 0 saturated heterocycles. The molecule has 0 saturated carbocycles. The zero-order chi connectivity index (χ0) is 29.1. The highest BCUT2D eigenvalue weighted by Crippen LogP contribution is 2.31. The number of amides is 1. The molecule has 12 heteroatoms. The van der Waals surface area contributed by atoms with E-state index in [1.165, 1.54) is 24.3 Å². The normalized spacial score (nSPS) is 12.7. The number of aryl methyl sites for hydroxylation is 1. The van der Waals surface area contributed by atoms with Crippen LogP contribution >= 0.6 is 0 Å². The molecule has 1 heterocycles. The molecular weight excluding hydrogens is 549 g/mol. The van der Waals surface area contributed by atoms with Crippen LogP contribution in [-0.2, 0) is 9.84 Å². The lowest BCUT2D eigenvalue weighted by atomic mass is 10.0. The van der Waals surface area contributed by atoms with Crippen LogP contribution in [0.25, 0.3) is 10.8 Å². The molecule has 0 spiro atoms. The molecule has 3 aromatic carbocycles. The van der Waals surface area contributed by atoms with Crippen molar-refractivity contribution >= 4 is 26.5 Å². The lowest BCUT2D eigenvalue weighted by Crippen LogP contribution is -2.30. The fourth-order valence-corrected chi connectivity index (χ4v) is 4.83. The summed E-state index contributed by atoms with van der Waals surface area (Å²) >= 11 is 0. The van der Waals surface area contributed by atoms with Gasteiger partial charge in [-0.05, 0) is 78.5 Å². The first-order chi connectivity index (χ1) is 18.9. The Kier molecular flexibility index (Phi) is 8.31. The van der Waals surface area contributed by atoms with Crippen molar-refractivity contribution in [3.8, 4) is 17.4 Å². The van der Waals surface area contributed by atoms with E-state index in [0.717, 1.165) is 12.1 Å². The van der Waals surface area contributed by atoms with Gasteiger partial charge in [-0.3, -0.25) is 4.79 Å². The SMILES string of the molecule is CCS(=O)(=O)c1ccc([C@H](CO)NC(=O)c2ccc3c(Oc4ccc(OC(F)(F)F)cc4)nc(C)cc3c2)cc1. The minimum Gasteiger partial charge on any atom is -0.438 e. The van der Waals surface area contributed by atoms with Gasteiger partial charge in [0.05, 0.1) is 23.3 Å². The summed E-state index contributed by atoms with van der Waals surface area (Å²) in [5.74, 6) is -0.468. The number of hydrogen-bond acceptors (Lipinski definition) is 7. The highest BCUT2D eigenvalue weighted by Gasteiger charge is 2.31. The predicted molar refractivity (Wildman–Crippen MR) is 141 cm³/mol. The monoisotopic (exact) mass is 574 g/mol. The topological polar surface area (TPSA) is 115 Å². The Morgan fingerprint density at radius 3 is 2.25 bits per heavy atom. The number of rotatable bonds is 9. The van der Waals surface area contributed by atoms with E-state index in [1.807, 2.05) is 0 Å². The molecule has 1 atom stereocenters. The van der Waals surface area contributed by atoms with Crippen molar-refractivity contribution in [3.63, 3.8) is 0 Å². The van der Waals surface area contributed by atoms with Crippen LogP contribution in [0.1, 0.15) is 34.6 Å². The van der Waals surface area contributed by atoms with Crippen LogP contribution in [0.5, 0.6) is 17.4 Å². The lowest BCUT2D eigenvalue weighted by Gasteiger charge is -2.18. The molecule has 0 bridgehead atoms. The molecule has 1 amide bonds. The van der Waals surface area contributed by atoms with Crippen LogP contribution < -0.4 is 14.8 Å². The second-order valence-corrected chi connectivity index (χ2v) is 11.1. The van der Waals surface area contributed by atoms with Crippen molar-refractivity contribution in [3.05, 3.63) is 89.6 Å². The Morgan fingerprint density at radius 2 is 1.65 bits per heavy atom. The van der Waals surface area contributed by atoms with Gasteiger partial charge in [0.15, 0.2) is 9.84 Å². The summed E-state index contributed by atoms with van der Waals surface area (Å²) < 4.78 is 71.0. The van der Waals surface area contributed by atoms with Crippen LogP contribution in [0.3, 0.4) is 0 Å². The number of aliphatic hydroxyl groups is 1. The fourth-order valence-electron chi connectivity index (χ4n) is 3.94. The molecule has 0 aliphatic carbocycles. The predicted octanol–water partition coefficient (Wildman–Crippen LogP) is 5.49. The number of halogens is 3. The molecule has 0 unspecified atom stereocenters. The first-order valence-corrected chi connectivity index (χ1v) is 13.7. The Labute approximate surface area is 228 Å². The number of hydrogen-bond donors (Lipinski definition) is 2. The minimum absolute atomic E-state index is 0.0422. The lowest BCUT2D eigenvalue weighted by molar-refractivity contribution is -0.274. The molecule has 0 aliphatic rings. The Balaban J connectivity index is 1.53. The smallest absolute Gasteiger partial charge is 0.438 e. The second kappa shape index (κ2) is 11.5. The highest BCUT2D eigenvalue weighted by atomic mass is 32.2. The summed E-state index contributed by atoms with van der Waals surface area (Å²) in [5, 5.41) is 13.8. The van der Waals surface area contributed by atoms with Crippen molar-refractivity contribution in [2.45, 2.75) is 31.1 Å². The number of nitrogens with one attached hydrogen (secondary N) is 1. The molecule has 40 heavy (non-hydrogen) atoms. The third-order valence-corrected chi connectivity index (χ3v) is 7.72. The maximum atomic E-state index is 13.0. The van der Waals surface area contributed by atoms with Crippen molar-refractivity contribution in [1.29, 1.82) is 0 Å². The molecule has 0 aliphatic heterocycles. The van der Waals surface area contributed by atoms with Crippen LogP contribution in [0.15, 0.2) is 77.7 Å². The van der Waals surface area contributed by atoms with E-state index >= 15 is 0 Å². The maximum Gasteiger partial charge on any atom is 0.573 e. The van der Waals surface area contributed by atoms with Gasteiger partial charge in [0.25, 0.3) is 5.91 Å². The van der Waals surface area contributed by atoms with Gasteiger partial charge in [0, 0.05) is 16.6 Å². The molecule has 0 fully saturated rings. The third kappa shape index (κ3) is 6.88. The summed E-state index contributed by atoms with van der Waals surface area (Å²) in [6, 6.07) is 16.6. The van der Waals surface area contributed by atoms with Gasteiger partial charge in [-0.15, -0.1) is 13.2 Å². The first-order valence-electron chi connectivity index (χ1n) is 12.1. The Morgan fingerprint density at radius 1 is 1.00 bits per heavy atom. The maximum absolute atomic E-state index is 13.0. The molecule has 4 rings (SSSR count). The Bertz CT molecular complexity index is 1620. The number of benzene rings is 3. The zero-order valence-electron chi connectivity index (χ0n) is 21.4. The van der Waals surface area contributed by atoms with Gasteiger partial charge >= 0.3 is 6.36 Å². The second-order valence-electron chi connectivity index (χ2n) is 8.81. The van der Waals surface area contributed by atoms with Crippen molar-refractivity contribution in [2.24, 2.45) is 0 Å². The van der Waals surface area contributed by atoms with E-state index in [9.17, 15) is 31.5 Å². The molecule has 210 valence electrons. The molecular formula is C28H25F3N2O6S. The third-order valence-electron chi connectivity index (χ3n) is 5.97. The summed E-state index contributed by atoms with van der Waals surface area (Å²) in [6.07, 6.45) is -4.81. The van der Waals surface area contributed by atoms with E-state index < -0.39 is 34.8 Å². The summed E-state index contributed by atoms with van der Waals surface area (Å²) in [6.45, 7) is 2.86. The van der Waals surface area contributed by atoms with E-state index in [2.05, 4.69) is 15.0 Å². The van der Waals surface area contributed by atoms with Gasteiger partial charge in [-0.25, -0.2) is 13.4 Å².